The summed E-state index contributed by atoms with van der Waals surface area (Å²) in [5.41, 5.74) is -0.566. The number of aromatic nitrogens is 2. The Morgan fingerprint density at radius 1 is 1.50 bits per heavy atom. The van der Waals surface area contributed by atoms with Gasteiger partial charge in [-0.3, -0.25) is 10.1 Å². The minimum Gasteiger partial charge on any atom is -0.477 e. The fourth-order valence-electron chi connectivity index (χ4n) is 1.79. The number of anilines is 1. The molecule has 2 N–H and O–H groups in total. The van der Waals surface area contributed by atoms with E-state index in [1.54, 1.807) is 23.3 Å². The van der Waals surface area contributed by atoms with Crippen molar-refractivity contribution in [3.05, 3.63) is 52.6 Å². The van der Waals surface area contributed by atoms with Gasteiger partial charge >= 0.3 is 11.7 Å². The second-order valence-electron chi connectivity index (χ2n) is 3.99. The lowest BCUT2D eigenvalue weighted by Gasteiger charge is -2.08. The Bertz CT molecular complexity index is 624. The highest BCUT2D eigenvalue weighted by molar-refractivity contribution is 5.95. The van der Waals surface area contributed by atoms with E-state index in [4.69, 9.17) is 5.11 Å². The Balaban J connectivity index is 2.16. The third-order valence-corrected chi connectivity index (χ3v) is 2.69. The third-order valence-electron chi connectivity index (χ3n) is 2.69. The molecule has 1 aromatic carbocycles. The van der Waals surface area contributed by atoms with Gasteiger partial charge < -0.3 is 15.0 Å². The van der Waals surface area contributed by atoms with Crippen molar-refractivity contribution < 1.29 is 14.8 Å². The summed E-state index contributed by atoms with van der Waals surface area (Å²) in [5, 5.41) is 22.9. The molecule has 8 nitrogen and oxygen atoms in total. The zero-order chi connectivity index (χ0) is 14.5. The molecule has 1 aromatic heterocycles. The summed E-state index contributed by atoms with van der Waals surface area (Å²) >= 11 is 0. The van der Waals surface area contributed by atoms with Gasteiger partial charge in [-0.15, -0.1) is 0 Å². The number of para-hydroxylation sites is 1. The SMILES string of the molecule is O=C(O)c1cccc(NCCn2ccnc2)c1[N+](=O)[O-]. The minimum absolute atomic E-state index is 0.190. The van der Waals surface area contributed by atoms with E-state index >= 15 is 0 Å². The van der Waals surface area contributed by atoms with Gasteiger partial charge in [0.2, 0.25) is 0 Å². The number of nitro benzene ring substituents is 1. The lowest BCUT2D eigenvalue weighted by atomic mass is 10.1. The Morgan fingerprint density at radius 3 is 2.90 bits per heavy atom. The summed E-state index contributed by atoms with van der Waals surface area (Å²) in [6, 6.07) is 4.16. The molecule has 0 amide bonds. The first-order chi connectivity index (χ1) is 9.59. The lowest BCUT2D eigenvalue weighted by molar-refractivity contribution is -0.384. The van der Waals surface area contributed by atoms with Crippen LogP contribution in [0.3, 0.4) is 0 Å². The molecule has 0 saturated heterocycles. The number of aromatic carboxylic acids is 1. The summed E-state index contributed by atoms with van der Waals surface area (Å²) < 4.78 is 1.81. The summed E-state index contributed by atoms with van der Waals surface area (Å²) in [7, 11) is 0. The van der Waals surface area contributed by atoms with E-state index in [1.165, 1.54) is 18.2 Å². The zero-order valence-corrected chi connectivity index (χ0v) is 10.4. The third kappa shape index (κ3) is 2.91. The molecule has 0 spiro atoms. The molecule has 0 unspecified atom stereocenters. The molecule has 8 heteroatoms. The molecule has 0 bridgehead atoms. The number of carboxylic acids is 1. The predicted molar refractivity (Wildman–Crippen MR) is 70.8 cm³/mol. The minimum atomic E-state index is -1.32. The van der Waals surface area contributed by atoms with Crippen molar-refractivity contribution in [2.24, 2.45) is 0 Å². The molecule has 0 aliphatic rings. The van der Waals surface area contributed by atoms with Crippen molar-refractivity contribution >= 4 is 17.3 Å². The van der Waals surface area contributed by atoms with Gasteiger partial charge in [-0.1, -0.05) is 6.07 Å². The molecule has 2 aromatic rings. The number of benzene rings is 1. The van der Waals surface area contributed by atoms with E-state index in [0.29, 0.717) is 13.1 Å². The molecule has 0 aliphatic carbocycles. The molecular formula is C12H12N4O4. The highest BCUT2D eigenvalue weighted by Crippen LogP contribution is 2.28. The smallest absolute Gasteiger partial charge is 0.342 e. The van der Waals surface area contributed by atoms with Gasteiger partial charge in [0.15, 0.2) is 0 Å². The monoisotopic (exact) mass is 276 g/mol. The van der Waals surface area contributed by atoms with Crippen LogP contribution in [-0.2, 0) is 6.54 Å². The molecule has 0 atom stereocenters. The van der Waals surface area contributed by atoms with Crippen LogP contribution in [0.4, 0.5) is 11.4 Å². The first-order valence-corrected chi connectivity index (χ1v) is 5.80. The molecule has 1 heterocycles. The lowest BCUT2D eigenvalue weighted by Crippen LogP contribution is -2.12. The average molecular weight is 276 g/mol. The molecule has 104 valence electrons. The van der Waals surface area contributed by atoms with Crippen LogP contribution >= 0.6 is 0 Å². The Kier molecular flexibility index (Phi) is 3.94. The Morgan fingerprint density at radius 2 is 2.30 bits per heavy atom. The first-order valence-electron chi connectivity index (χ1n) is 5.80. The highest BCUT2D eigenvalue weighted by atomic mass is 16.6. The fraction of sp³-hybridized carbons (Fsp3) is 0.167. The van der Waals surface area contributed by atoms with E-state index < -0.39 is 16.6 Å². The molecule has 2 rings (SSSR count). The maximum absolute atomic E-state index is 11.0. The second kappa shape index (κ2) is 5.83. The molecule has 0 aliphatic heterocycles. The van der Waals surface area contributed by atoms with Crippen LogP contribution in [0.25, 0.3) is 0 Å². The molecule has 0 radical (unpaired) electrons. The number of nitrogens with one attached hydrogen (secondary N) is 1. The van der Waals surface area contributed by atoms with Crippen LogP contribution in [-0.4, -0.2) is 32.1 Å². The van der Waals surface area contributed by atoms with E-state index in [2.05, 4.69) is 10.3 Å². The predicted octanol–water partition coefficient (Wildman–Crippen LogP) is 1.60. The topological polar surface area (TPSA) is 110 Å². The van der Waals surface area contributed by atoms with Crippen LogP contribution in [0.2, 0.25) is 0 Å². The van der Waals surface area contributed by atoms with Gasteiger partial charge in [0.05, 0.1) is 11.3 Å². The normalized spacial score (nSPS) is 10.2. The standard InChI is InChI=1S/C12H12N4O4/c17-12(18)9-2-1-3-10(11(9)16(19)20)14-5-7-15-6-4-13-8-15/h1-4,6,8,14H,5,7H2,(H,17,18). The first kappa shape index (κ1) is 13.5. The van der Waals surface area contributed by atoms with Crippen LogP contribution in [0.15, 0.2) is 36.9 Å². The van der Waals surface area contributed by atoms with Crippen LogP contribution < -0.4 is 5.32 Å². The number of carboxylic acid groups (broad SMARTS) is 1. The van der Waals surface area contributed by atoms with Crippen LogP contribution in [0.5, 0.6) is 0 Å². The Labute approximate surface area is 113 Å². The largest absolute Gasteiger partial charge is 0.477 e. The summed E-state index contributed by atoms with van der Waals surface area (Å²) in [5.74, 6) is -1.32. The van der Waals surface area contributed by atoms with Crippen molar-refractivity contribution in [3.63, 3.8) is 0 Å². The molecule has 0 fully saturated rings. The van der Waals surface area contributed by atoms with Gasteiger partial charge in [-0.2, -0.15) is 0 Å². The number of nitrogens with zero attached hydrogens (tertiary/aromatic N) is 3. The summed E-state index contributed by atoms with van der Waals surface area (Å²) in [6.07, 6.45) is 5.03. The zero-order valence-electron chi connectivity index (χ0n) is 10.4. The van der Waals surface area contributed by atoms with Gasteiger partial charge in [-0.05, 0) is 12.1 Å². The molecule has 20 heavy (non-hydrogen) atoms. The van der Waals surface area contributed by atoms with Gasteiger partial charge in [0.25, 0.3) is 0 Å². The van der Waals surface area contributed by atoms with Gasteiger partial charge in [0, 0.05) is 25.5 Å². The van der Waals surface area contributed by atoms with E-state index in [0.717, 1.165) is 0 Å². The van der Waals surface area contributed by atoms with Gasteiger partial charge in [0.1, 0.15) is 11.3 Å². The maximum Gasteiger partial charge on any atom is 0.342 e. The van der Waals surface area contributed by atoms with Crippen molar-refractivity contribution in [1.29, 1.82) is 0 Å². The van der Waals surface area contributed by atoms with Crippen LogP contribution in [0, 0.1) is 10.1 Å². The van der Waals surface area contributed by atoms with Crippen molar-refractivity contribution in [2.75, 3.05) is 11.9 Å². The molecular weight excluding hydrogens is 264 g/mol. The van der Waals surface area contributed by atoms with Crippen LogP contribution in [0.1, 0.15) is 10.4 Å². The number of carbonyl (C=O) groups is 1. The van der Waals surface area contributed by atoms with Crippen molar-refractivity contribution in [2.45, 2.75) is 6.54 Å². The van der Waals surface area contributed by atoms with E-state index in [9.17, 15) is 14.9 Å². The maximum atomic E-state index is 11.0. The summed E-state index contributed by atoms with van der Waals surface area (Å²) in [6.45, 7) is 0.981. The second-order valence-corrected chi connectivity index (χ2v) is 3.99. The quantitative estimate of drug-likeness (QED) is 0.612. The van der Waals surface area contributed by atoms with Crippen molar-refractivity contribution in [1.82, 2.24) is 9.55 Å². The average Bonchev–Trinajstić information content (AvgIpc) is 2.91. The number of imidazole rings is 1. The number of hydrogen-bond donors (Lipinski definition) is 2. The van der Waals surface area contributed by atoms with E-state index in [-0.39, 0.29) is 11.3 Å². The summed E-state index contributed by atoms with van der Waals surface area (Å²) in [4.78, 5) is 25.2. The van der Waals surface area contributed by atoms with E-state index in [1.807, 2.05) is 0 Å². The number of nitro groups is 1. The number of hydrogen-bond acceptors (Lipinski definition) is 5. The Hall–Kier alpha value is -2.90. The molecule has 0 saturated carbocycles. The number of rotatable bonds is 6. The highest BCUT2D eigenvalue weighted by Gasteiger charge is 2.23. The van der Waals surface area contributed by atoms with Gasteiger partial charge in [-0.25, -0.2) is 9.78 Å². The van der Waals surface area contributed by atoms with Crippen molar-refractivity contribution in [3.8, 4) is 0 Å². The fourth-order valence-corrected chi connectivity index (χ4v) is 1.79.